The van der Waals surface area contributed by atoms with Crippen LogP contribution in [-0.2, 0) is 4.74 Å². The van der Waals surface area contributed by atoms with E-state index in [1.807, 2.05) is 6.92 Å². The number of nitrogens with one attached hydrogen (secondary N) is 1. The third-order valence-corrected chi connectivity index (χ3v) is 1.13. The van der Waals surface area contributed by atoms with Crippen LogP contribution in [0.5, 0.6) is 0 Å². The molecule has 0 aliphatic carbocycles. The zero-order chi connectivity index (χ0) is 10.7. The van der Waals surface area contributed by atoms with E-state index in [0.717, 1.165) is 6.54 Å². The Morgan fingerprint density at radius 2 is 2.08 bits per heavy atom. The molecule has 0 atom stereocenters. The number of rotatable bonds is 3. The minimum Gasteiger partial charge on any atom is -0.471 e. The standard InChI is InChI=1S/C7H15NOS.C3H4/c1-4-8-7(10)9-5-6(2)3;1-3-2/h6H,4-5H2,1-3H3,(H,8,10);1H,2H3. The Hall–Kier alpha value is -0.750. The van der Waals surface area contributed by atoms with Crippen LogP contribution in [0.3, 0.4) is 0 Å². The summed E-state index contributed by atoms with van der Waals surface area (Å²) in [4.78, 5) is 0. The molecule has 0 aromatic rings. The Kier molecular flexibility index (Phi) is 12.8. The molecule has 0 fully saturated rings. The molecule has 0 radical (unpaired) electrons. The maximum Gasteiger partial charge on any atom is 0.256 e. The second-order valence-electron chi connectivity index (χ2n) is 2.81. The van der Waals surface area contributed by atoms with Gasteiger partial charge in [0.25, 0.3) is 5.17 Å². The molecular weight excluding hydrogens is 182 g/mol. The van der Waals surface area contributed by atoms with Gasteiger partial charge in [-0.15, -0.1) is 12.3 Å². The zero-order valence-corrected chi connectivity index (χ0v) is 9.70. The number of thiocarbonyl (C=S) groups is 1. The van der Waals surface area contributed by atoms with Crippen LogP contribution in [0.4, 0.5) is 0 Å². The van der Waals surface area contributed by atoms with Crippen molar-refractivity contribution in [1.82, 2.24) is 5.32 Å². The van der Waals surface area contributed by atoms with Crippen molar-refractivity contribution < 1.29 is 4.74 Å². The monoisotopic (exact) mass is 201 g/mol. The van der Waals surface area contributed by atoms with Crippen molar-refractivity contribution in [3.05, 3.63) is 0 Å². The topological polar surface area (TPSA) is 21.3 Å². The van der Waals surface area contributed by atoms with Crippen molar-refractivity contribution in [2.45, 2.75) is 27.7 Å². The number of terminal acetylenes is 1. The van der Waals surface area contributed by atoms with E-state index in [-0.39, 0.29) is 0 Å². The van der Waals surface area contributed by atoms with Gasteiger partial charge in [-0.3, -0.25) is 0 Å². The summed E-state index contributed by atoms with van der Waals surface area (Å²) >= 11 is 4.84. The Morgan fingerprint density at radius 3 is 2.38 bits per heavy atom. The molecule has 0 amide bonds. The maximum atomic E-state index is 5.16. The third-order valence-electron chi connectivity index (χ3n) is 0.869. The molecule has 0 unspecified atom stereocenters. The van der Waals surface area contributed by atoms with Crippen LogP contribution >= 0.6 is 12.2 Å². The third kappa shape index (κ3) is 18.3. The molecule has 13 heavy (non-hydrogen) atoms. The summed E-state index contributed by atoms with van der Waals surface area (Å²) in [5.41, 5.74) is 0. The van der Waals surface area contributed by atoms with Gasteiger partial charge in [0, 0.05) is 6.54 Å². The van der Waals surface area contributed by atoms with Crippen molar-refractivity contribution in [1.29, 1.82) is 0 Å². The van der Waals surface area contributed by atoms with Gasteiger partial charge in [0.15, 0.2) is 0 Å². The summed E-state index contributed by atoms with van der Waals surface area (Å²) in [7, 11) is 0. The Labute approximate surface area is 87.1 Å². The predicted octanol–water partition coefficient (Wildman–Crippen LogP) is 2.19. The van der Waals surface area contributed by atoms with Gasteiger partial charge in [0.2, 0.25) is 0 Å². The van der Waals surface area contributed by atoms with Gasteiger partial charge in [-0.05, 0) is 32.0 Å². The normalized spacial score (nSPS) is 8.00. The number of hydrogen-bond donors (Lipinski definition) is 1. The van der Waals surface area contributed by atoms with Crippen molar-refractivity contribution in [3.8, 4) is 12.3 Å². The highest BCUT2D eigenvalue weighted by Gasteiger charge is 1.96. The van der Waals surface area contributed by atoms with Crippen LogP contribution in [-0.4, -0.2) is 18.3 Å². The molecule has 0 heterocycles. The van der Waals surface area contributed by atoms with E-state index < -0.39 is 0 Å². The first-order valence-electron chi connectivity index (χ1n) is 4.36. The zero-order valence-electron chi connectivity index (χ0n) is 8.89. The van der Waals surface area contributed by atoms with Crippen molar-refractivity contribution in [2.24, 2.45) is 5.92 Å². The average Bonchev–Trinajstić information content (AvgIpc) is 2.03. The molecule has 0 aliphatic rings. The van der Waals surface area contributed by atoms with Crippen LogP contribution in [0, 0.1) is 18.3 Å². The van der Waals surface area contributed by atoms with Crippen LogP contribution < -0.4 is 5.32 Å². The second kappa shape index (κ2) is 11.2. The van der Waals surface area contributed by atoms with E-state index in [0.29, 0.717) is 17.7 Å². The van der Waals surface area contributed by atoms with Gasteiger partial charge in [-0.1, -0.05) is 13.8 Å². The fourth-order valence-corrected chi connectivity index (χ4v) is 0.650. The SMILES string of the molecule is C#CC.CCNC(=S)OCC(C)C. The van der Waals surface area contributed by atoms with E-state index in [2.05, 4.69) is 31.5 Å². The van der Waals surface area contributed by atoms with Gasteiger partial charge in [0.1, 0.15) is 0 Å². The molecule has 0 aromatic heterocycles. The quantitative estimate of drug-likeness (QED) is 0.558. The first-order valence-corrected chi connectivity index (χ1v) is 4.77. The van der Waals surface area contributed by atoms with E-state index >= 15 is 0 Å². The lowest BCUT2D eigenvalue weighted by atomic mass is 10.2. The van der Waals surface area contributed by atoms with Gasteiger partial charge in [0.05, 0.1) is 6.61 Å². The molecule has 0 saturated carbocycles. The molecule has 76 valence electrons. The Balaban J connectivity index is 0. The minimum absolute atomic E-state index is 0.510. The maximum absolute atomic E-state index is 5.16. The van der Waals surface area contributed by atoms with Gasteiger partial charge in [-0.2, -0.15) is 0 Å². The molecule has 0 aromatic carbocycles. The average molecular weight is 201 g/mol. The van der Waals surface area contributed by atoms with Crippen molar-refractivity contribution >= 4 is 17.4 Å². The molecule has 0 bridgehead atoms. The molecular formula is C10H19NOS. The molecule has 1 N–H and O–H groups in total. The Morgan fingerprint density at radius 1 is 1.62 bits per heavy atom. The summed E-state index contributed by atoms with van der Waals surface area (Å²) in [5, 5.41) is 3.42. The minimum atomic E-state index is 0.510. The van der Waals surface area contributed by atoms with Crippen molar-refractivity contribution in [2.75, 3.05) is 13.2 Å². The first-order chi connectivity index (χ1) is 6.08. The molecule has 3 heteroatoms. The second-order valence-corrected chi connectivity index (χ2v) is 3.18. The van der Waals surface area contributed by atoms with Crippen molar-refractivity contribution in [3.63, 3.8) is 0 Å². The van der Waals surface area contributed by atoms with Crippen LogP contribution in [0.25, 0.3) is 0 Å². The lowest BCUT2D eigenvalue weighted by Crippen LogP contribution is -2.24. The van der Waals surface area contributed by atoms with Gasteiger partial charge < -0.3 is 10.1 Å². The van der Waals surface area contributed by atoms with Crippen LogP contribution in [0.1, 0.15) is 27.7 Å². The number of hydrogen-bond acceptors (Lipinski definition) is 2. The first kappa shape index (κ1) is 14.8. The fraction of sp³-hybridized carbons (Fsp3) is 0.700. The molecule has 0 saturated heterocycles. The number of ether oxygens (including phenoxy) is 1. The highest BCUT2D eigenvalue weighted by Crippen LogP contribution is 1.92. The van der Waals surface area contributed by atoms with Gasteiger partial charge >= 0.3 is 0 Å². The predicted molar refractivity (Wildman–Crippen MR) is 61.6 cm³/mol. The fourth-order valence-electron chi connectivity index (χ4n) is 0.438. The summed E-state index contributed by atoms with van der Waals surface area (Å²) in [5.74, 6) is 2.79. The van der Waals surface area contributed by atoms with E-state index in [9.17, 15) is 0 Å². The smallest absolute Gasteiger partial charge is 0.256 e. The van der Waals surface area contributed by atoms with Crippen LogP contribution in [0.2, 0.25) is 0 Å². The van der Waals surface area contributed by atoms with Crippen LogP contribution in [0.15, 0.2) is 0 Å². The molecule has 2 nitrogen and oxygen atoms in total. The largest absolute Gasteiger partial charge is 0.471 e. The van der Waals surface area contributed by atoms with E-state index in [4.69, 9.17) is 17.0 Å². The van der Waals surface area contributed by atoms with Gasteiger partial charge in [-0.25, -0.2) is 0 Å². The van der Waals surface area contributed by atoms with E-state index in [1.54, 1.807) is 6.92 Å². The lowest BCUT2D eigenvalue weighted by molar-refractivity contribution is 0.255. The van der Waals surface area contributed by atoms with E-state index in [1.165, 1.54) is 0 Å². The lowest BCUT2D eigenvalue weighted by Gasteiger charge is -2.09. The highest BCUT2D eigenvalue weighted by atomic mass is 32.1. The summed E-state index contributed by atoms with van der Waals surface area (Å²) in [6.45, 7) is 9.36. The molecule has 0 rings (SSSR count). The summed E-state index contributed by atoms with van der Waals surface area (Å²) < 4.78 is 5.16. The summed E-state index contributed by atoms with van der Waals surface area (Å²) in [6, 6.07) is 0. The Bertz CT molecular complexity index is 161. The molecule has 0 aliphatic heterocycles. The molecule has 0 spiro atoms. The highest BCUT2D eigenvalue weighted by molar-refractivity contribution is 7.80. The summed E-state index contributed by atoms with van der Waals surface area (Å²) in [6.07, 6.45) is 4.60.